The first-order valence-electron chi connectivity index (χ1n) is 7.87. The molecule has 26 heavy (non-hydrogen) atoms. The van der Waals surface area contributed by atoms with Crippen molar-refractivity contribution in [1.29, 1.82) is 5.26 Å². The molecule has 0 unspecified atom stereocenters. The third-order valence-electron chi connectivity index (χ3n) is 3.93. The highest BCUT2D eigenvalue weighted by molar-refractivity contribution is 6.34. The summed E-state index contributed by atoms with van der Waals surface area (Å²) in [5, 5.41) is 14.4. The van der Waals surface area contributed by atoms with Crippen molar-refractivity contribution in [2.45, 2.75) is 0 Å². The van der Waals surface area contributed by atoms with Crippen LogP contribution >= 0.6 is 11.6 Å². The van der Waals surface area contributed by atoms with Gasteiger partial charge in [-0.15, -0.1) is 0 Å². The number of anilines is 1. The summed E-state index contributed by atoms with van der Waals surface area (Å²) >= 11 is 6.07. The maximum Gasteiger partial charge on any atom is 0.266 e. The number of nitrogens with zero attached hydrogens (tertiary/aromatic N) is 1. The van der Waals surface area contributed by atoms with E-state index in [0.29, 0.717) is 22.0 Å². The zero-order valence-corrected chi connectivity index (χ0v) is 14.7. The summed E-state index contributed by atoms with van der Waals surface area (Å²) in [6, 6.07) is 20.3. The molecule has 0 spiro atoms. The number of rotatable bonds is 4. The Labute approximate surface area is 156 Å². The van der Waals surface area contributed by atoms with Gasteiger partial charge in [0.05, 0.1) is 17.8 Å². The molecule has 3 aromatic carbocycles. The van der Waals surface area contributed by atoms with Gasteiger partial charge in [-0.25, -0.2) is 0 Å². The number of ether oxygens (including phenoxy) is 1. The van der Waals surface area contributed by atoms with Crippen LogP contribution in [0, 0.1) is 11.3 Å². The van der Waals surface area contributed by atoms with Crippen LogP contribution in [-0.4, -0.2) is 13.0 Å². The fourth-order valence-electron chi connectivity index (χ4n) is 2.65. The number of hydrogen-bond acceptors (Lipinski definition) is 3. The highest BCUT2D eigenvalue weighted by Gasteiger charge is 2.14. The van der Waals surface area contributed by atoms with Gasteiger partial charge >= 0.3 is 0 Å². The number of fused-ring (bicyclic) bond motifs is 1. The second kappa shape index (κ2) is 7.73. The maximum absolute atomic E-state index is 12.5. The number of para-hydroxylation sites is 1. The van der Waals surface area contributed by atoms with E-state index in [0.717, 1.165) is 10.8 Å². The molecule has 0 aliphatic heterocycles. The molecule has 5 heteroatoms. The van der Waals surface area contributed by atoms with Crippen molar-refractivity contribution < 1.29 is 9.53 Å². The molecule has 0 heterocycles. The Bertz CT molecular complexity index is 1050. The van der Waals surface area contributed by atoms with Crippen LogP contribution in [0.3, 0.4) is 0 Å². The fourth-order valence-corrected chi connectivity index (χ4v) is 2.83. The number of methoxy groups -OCH3 is 1. The van der Waals surface area contributed by atoms with E-state index < -0.39 is 5.91 Å². The van der Waals surface area contributed by atoms with Gasteiger partial charge in [0.2, 0.25) is 0 Å². The van der Waals surface area contributed by atoms with Crippen molar-refractivity contribution in [1.82, 2.24) is 0 Å². The van der Waals surface area contributed by atoms with E-state index in [1.54, 1.807) is 31.4 Å². The van der Waals surface area contributed by atoms with Crippen LogP contribution in [0.4, 0.5) is 5.69 Å². The van der Waals surface area contributed by atoms with Crippen molar-refractivity contribution in [3.8, 4) is 11.8 Å². The first-order chi connectivity index (χ1) is 12.6. The molecule has 0 aromatic heterocycles. The quantitative estimate of drug-likeness (QED) is 0.522. The topological polar surface area (TPSA) is 62.1 Å². The Balaban J connectivity index is 2.04. The minimum atomic E-state index is -0.532. The SMILES string of the molecule is COc1ccc2ccccc2c1/C=C(\C#N)C(=O)Nc1ccccc1Cl. The van der Waals surface area contributed by atoms with E-state index in [9.17, 15) is 10.1 Å². The highest BCUT2D eigenvalue weighted by atomic mass is 35.5. The molecule has 1 amide bonds. The van der Waals surface area contributed by atoms with Crippen molar-refractivity contribution >= 4 is 40.0 Å². The molecular formula is C21H15ClN2O2. The predicted octanol–water partition coefficient (Wildman–Crippen LogP) is 5.05. The van der Waals surface area contributed by atoms with E-state index in [1.807, 2.05) is 42.5 Å². The minimum absolute atomic E-state index is 0.0421. The third-order valence-corrected chi connectivity index (χ3v) is 4.26. The monoisotopic (exact) mass is 362 g/mol. The van der Waals surface area contributed by atoms with Gasteiger partial charge in [-0.2, -0.15) is 5.26 Å². The molecular weight excluding hydrogens is 348 g/mol. The van der Waals surface area contributed by atoms with Crippen LogP contribution in [-0.2, 0) is 4.79 Å². The summed E-state index contributed by atoms with van der Waals surface area (Å²) in [6.45, 7) is 0. The fraction of sp³-hybridized carbons (Fsp3) is 0.0476. The van der Waals surface area contributed by atoms with E-state index in [2.05, 4.69) is 5.32 Å². The largest absolute Gasteiger partial charge is 0.496 e. The molecule has 0 aliphatic carbocycles. The summed E-state index contributed by atoms with van der Waals surface area (Å²) in [6.07, 6.45) is 1.54. The lowest BCUT2D eigenvalue weighted by atomic mass is 10.0. The number of nitriles is 1. The highest BCUT2D eigenvalue weighted by Crippen LogP contribution is 2.30. The summed E-state index contributed by atoms with van der Waals surface area (Å²) in [5.74, 6) is 0.0533. The normalized spacial score (nSPS) is 11.0. The molecule has 0 atom stereocenters. The van der Waals surface area contributed by atoms with Gasteiger partial charge in [0.15, 0.2) is 0 Å². The maximum atomic E-state index is 12.5. The van der Waals surface area contributed by atoms with Crippen LogP contribution in [0.5, 0.6) is 5.75 Å². The van der Waals surface area contributed by atoms with Gasteiger partial charge in [-0.05, 0) is 35.0 Å². The van der Waals surface area contributed by atoms with E-state index >= 15 is 0 Å². The summed E-state index contributed by atoms with van der Waals surface area (Å²) in [5.41, 5.74) is 1.08. The van der Waals surface area contributed by atoms with E-state index in [-0.39, 0.29) is 5.57 Å². The summed E-state index contributed by atoms with van der Waals surface area (Å²) in [7, 11) is 1.55. The Hall–Kier alpha value is -3.29. The first kappa shape index (κ1) is 17.5. The molecule has 3 aromatic rings. The zero-order valence-electron chi connectivity index (χ0n) is 14.0. The standard InChI is InChI=1S/C21H15ClN2O2/c1-26-20-11-10-14-6-2-3-7-16(14)17(20)12-15(13-23)21(25)24-19-9-5-4-8-18(19)22/h2-12H,1H3,(H,24,25)/b15-12+. The molecule has 128 valence electrons. The van der Waals surface area contributed by atoms with Crippen molar-refractivity contribution in [2.24, 2.45) is 0 Å². The Morgan fingerprint density at radius 3 is 2.58 bits per heavy atom. The number of carbonyl (C=O) groups is 1. The lowest BCUT2D eigenvalue weighted by Gasteiger charge is -2.10. The molecule has 4 nitrogen and oxygen atoms in total. The predicted molar refractivity (Wildman–Crippen MR) is 104 cm³/mol. The molecule has 3 rings (SSSR count). The van der Waals surface area contributed by atoms with Gasteiger partial charge in [0, 0.05) is 5.56 Å². The summed E-state index contributed by atoms with van der Waals surface area (Å²) in [4.78, 5) is 12.5. The Morgan fingerprint density at radius 2 is 1.85 bits per heavy atom. The lowest BCUT2D eigenvalue weighted by Crippen LogP contribution is -2.13. The van der Waals surface area contributed by atoms with Gasteiger partial charge < -0.3 is 10.1 Å². The number of nitrogens with one attached hydrogen (secondary N) is 1. The molecule has 0 bridgehead atoms. The number of amides is 1. The van der Waals surface area contributed by atoms with Crippen LogP contribution in [0.1, 0.15) is 5.56 Å². The van der Waals surface area contributed by atoms with Crippen LogP contribution < -0.4 is 10.1 Å². The van der Waals surface area contributed by atoms with Gasteiger partial charge in [-0.1, -0.05) is 54.1 Å². The average Bonchev–Trinajstić information content (AvgIpc) is 2.67. The third kappa shape index (κ3) is 3.53. The number of hydrogen-bond donors (Lipinski definition) is 1. The van der Waals surface area contributed by atoms with Crippen LogP contribution in [0.25, 0.3) is 16.8 Å². The molecule has 0 aliphatic rings. The number of benzene rings is 3. The number of halogens is 1. The zero-order chi connectivity index (χ0) is 18.5. The minimum Gasteiger partial charge on any atom is -0.496 e. The van der Waals surface area contributed by atoms with Gasteiger partial charge in [0.1, 0.15) is 17.4 Å². The van der Waals surface area contributed by atoms with Gasteiger partial charge in [-0.3, -0.25) is 4.79 Å². The smallest absolute Gasteiger partial charge is 0.266 e. The van der Waals surface area contributed by atoms with E-state index in [1.165, 1.54) is 6.08 Å². The Morgan fingerprint density at radius 1 is 1.12 bits per heavy atom. The van der Waals surface area contributed by atoms with Crippen LogP contribution in [0.2, 0.25) is 5.02 Å². The molecule has 0 saturated heterocycles. The summed E-state index contributed by atoms with van der Waals surface area (Å²) < 4.78 is 5.41. The Kier molecular flexibility index (Phi) is 5.21. The number of carbonyl (C=O) groups excluding carboxylic acids is 1. The second-order valence-corrected chi connectivity index (χ2v) is 5.91. The second-order valence-electron chi connectivity index (χ2n) is 5.51. The molecule has 0 fully saturated rings. The van der Waals surface area contributed by atoms with Crippen LogP contribution in [0.15, 0.2) is 66.2 Å². The lowest BCUT2D eigenvalue weighted by molar-refractivity contribution is -0.112. The van der Waals surface area contributed by atoms with Crippen molar-refractivity contribution in [3.05, 3.63) is 76.8 Å². The van der Waals surface area contributed by atoms with E-state index in [4.69, 9.17) is 16.3 Å². The van der Waals surface area contributed by atoms with Crippen molar-refractivity contribution in [2.75, 3.05) is 12.4 Å². The molecule has 1 N–H and O–H groups in total. The first-order valence-corrected chi connectivity index (χ1v) is 8.25. The molecule has 0 radical (unpaired) electrons. The van der Waals surface area contributed by atoms with Crippen molar-refractivity contribution in [3.63, 3.8) is 0 Å². The average molecular weight is 363 g/mol. The van der Waals surface area contributed by atoms with Gasteiger partial charge in [0.25, 0.3) is 5.91 Å². The molecule has 0 saturated carbocycles.